The van der Waals surface area contributed by atoms with Crippen LogP contribution in [0.1, 0.15) is 24.2 Å². The van der Waals surface area contributed by atoms with Gasteiger partial charge >= 0.3 is 4.87 Å². The Hall–Kier alpha value is -1.46. The lowest BCUT2D eigenvalue weighted by atomic mass is 10.1. The molecule has 0 saturated heterocycles. The number of hydrogen-bond acceptors (Lipinski definition) is 3. The molecule has 1 aromatic heterocycles. The van der Waals surface area contributed by atoms with Crippen LogP contribution in [0.2, 0.25) is 0 Å². The number of halogens is 1. The Bertz CT molecular complexity index is 549. The molecule has 0 fully saturated rings. The lowest BCUT2D eigenvalue weighted by Gasteiger charge is -2.14. The molecule has 90 valence electrons. The molecule has 0 aliphatic rings. The van der Waals surface area contributed by atoms with Crippen LogP contribution in [0.5, 0.6) is 0 Å². The molecular formula is C12H13FN2OS. The van der Waals surface area contributed by atoms with Crippen LogP contribution in [0.4, 0.5) is 4.39 Å². The monoisotopic (exact) mass is 252 g/mol. The summed E-state index contributed by atoms with van der Waals surface area (Å²) in [6.07, 6.45) is 0. The third-order valence-corrected chi connectivity index (χ3v) is 3.26. The summed E-state index contributed by atoms with van der Waals surface area (Å²) >= 11 is 1.13. The van der Waals surface area contributed by atoms with Crippen molar-refractivity contribution >= 4 is 11.3 Å². The van der Waals surface area contributed by atoms with Crippen LogP contribution in [0.3, 0.4) is 0 Å². The van der Waals surface area contributed by atoms with E-state index in [2.05, 4.69) is 10.3 Å². The van der Waals surface area contributed by atoms with Gasteiger partial charge in [0.2, 0.25) is 0 Å². The van der Waals surface area contributed by atoms with Gasteiger partial charge in [-0.3, -0.25) is 4.79 Å². The van der Waals surface area contributed by atoms with Gasteiger partial charge in [0, 0.05) is 29.2 Å². The molecule has 1 atom stereocenters. The molecule has 2 N–H and O–H groups in total. The van der Waals surface area contributed by atoms with Gasteiger partial charge in [-0.2, -0.15) is 0 Å². The van der Waals surface area contributed by atoms with Gasteiger partial charge in [0.15, 0.2) is 0 Å². The first-order chi connectivity index (χ1) is 8.16. The summed E-state index contributed by atoms with van der Waals surface area (Å²) in [6.45, 7) is 2.41. The van der Waals surface area contributed by atoms with Gasteiger partial charge in [0.1, 0.15) is 5.82 Å². The Morgan fingerprint density at radius 3 is 2.88 bits per heavy atom. The lowest BCUT2D eigenvalue weighted by Crippen LogP contribution is -2.19. The van der Waals surface area contributed by atoms with Crippen molar-refractivity contribution in [2.75, 3.05) is 0 Å². The molecular weight excluding hydrogens is 239 g/mol. The van der Waals surface area contributed by atoms with Gasteiger partial charge in [0.25, 0.3) is 0 Å². The van der Waals surface area contributed by atoms with E-state index in [0.29, 0.717) is 12.1 Å². The summed E-state index contributed by atoms with van der Waals surface area (Å²) in [5, 5.41) is 4.93. The molecule has 0 aliphatic carbocycles. The normalized spacial score (nSPS) is 12.6. The van der Waals surface area contributed by atoms with Gasteiger partial charge in [-0.15, -0.1) is 0 Å². The minimum absolute atomic E-state index is 0.0691. The highest BCUT2D eigenvalue weighted by Gasteiger charge is 2.09. The van der Waals surface area contributed by atoms with E-state index in [1.807, 2.05) is 13.0 Å². The molecule has 0 amide bonds. The van der Waals surface area contributed by atoms with E-state index in [1.165, 1.54) is 6.07 Å². The minimum Gasteiger partial charge on any atom is -0.315 e. The molecule has 17 heavy (non-hydrogen) atoms. The highest BCUT2D eigenvalue weighted by Crippen LogP contribution is 2.16. The average molecular weight is 252 g/mol. The Morgan fingerprint density at radius 1 is 1.47 bits per heavy atom. The van der Waals surface area contributed by atoms with Gasteiger partial charge < -0.3 is 10.3 Å². The Morgan fingerprint density at radius 2 is 2.24 bits per heavy atom. The molecule has 0 bridgehead atoms. The van der Waals surface area contributed by atoms with Crippen molar-refractivity contribution in [2.45, 2.75) is 19.5 Å². The van der Waals surface area contributed by atoms with Gasteiger partial charge in [0.05, 0.1) is 0 Å². The molecule has 0 radical (unpaired) electrons. The fourth-order valence-electron chi connectivity index (χ4n) is 1.60. The quantitative estimate of drug-likeness (QED) is 0.877. The summed E-state index contributed by atoms with van der Waals surface area (Å²) in [7, 11) is 0. The van der Waals surface area contributed by atoms with Crippen molar-refractivity contribution in [2.24, 2.45) is 0 Å². The number of aromatic amines is 1. The van der Waals surface area contributed by atoms with Crippen molar-refractivity contribution in [3.8, 4) is 0 Å². The van der Waals surface area contributed by atoms with Crippen LogP contribution >= 0.6 is 11.3 Å². The van der Waals surface area contributed by atoms with Gasteiger partial charge in [-0.05, 0) is 13.0 Å². The Kier molecular flexibility index (Phi) is 3.71. The summed E-state index contributed by atoms with van der Waals surface area (Å²) in [5.74, 6) is -0.216. The van der Waals surface area contributed by atoms with Crippen molar-refractivity contribution in [3.63, 3.8) is 0 Å². The second-order valence-electron chi connectivity index (χ2n) is 3.80. The maximum absolute atomic E-state index is 13.5. The number of hydrogen-bond donors (Lipinski definition) is 2. The van der Waals surface area contributed by atoms with Crippen molar-refractivity contribution in [1.29, 1.82) is 0 Å². The van der Waals surface area contributed by atoms with E-state index in [4.69, 9.17) is 0 Å². The second-order valence-corrected chi connectivity index (χ2v) is 4.64. The highest BCUT2D eigenvalue weighted by molar-refractivity contribution is 7.07. The molecule has 1 unspecified atom stereocenters. The Labute approximate surface area is 102 Å². The van der Waals surface area contributed by atoms with Gasteiger partial charge in [-0.1, -0.05) is 29.5 Å². The van der Waals surface area contributed by atoms with Crippen LogP contribution in [0, 0.1) is 5.82 Å². The zero-order valence-corrected chi connectivity index (χ0v) is 10.2. The van der Waals surface area contributed by atoms with Crippen molar-refractivity contribution < 1.29 is 4.39 Å². The standard InChI is InChI=1S/C12H13FN2OS/c1-8(10-4-2-3-5-11(10)13)14-6-9-7-17-12(16)15-9/h2-5,7-8,14H,6H2,1H3,(H,15,16). The minimum atomic E-state index is -0.216. The lowest BCUT2D eigenvalue weighted by molar-refractivity contribution is 0.525. The molecule has 0 aliphatic heterocycles. The molecule has 3 nitrogen and oxygen atoms in total. The van der Waals surface area contributed by atoms with E-state index in [9.17, 15) is 9.18 Å². The highest BCUT2D eigenvalue weighted by atomic mass is 32.1. The maximum Gasteiger partial charge on any atom is 0.304 e. The number of nitrogens with one attached hydrogen (secondary N) is 2. The van der Waals surface area contributed by atoms with Crippen molar-refractivity contribution in [3.05, 3.63) is 56.4 Å². The first kappa shape index (κ1) is 12.0. The van der Waals surface area contributed by atoms with Crippen molar-refractivity contribution in [1.82, 2.24) is 10.3 Å². The summed E-state index contributed by atoms with van der Waals surface area (Å²) in [6, 6.07) is 6.58. The zero-order valence-electron chi connectivity index (χ0n) is 9.37. The van der Waals surface area contributed by atoms with E-state index in [0.717, 1.165) is 17.0 Å². The number of benzene rings is 1. The first-order valence-corrected chi connectivity index (χ1v) is 6.19. The van der Waals surface area contributed by atoms with Gasteiger partial charge in [-0.25, -0.2) is 4.39 Å². The summed E-state index contributed by atoms with van der Waals surface area (Å²) in [5.41, 5.74) is 1.45. The van der Waals surface area contributed by atoms with E-state index >= 15 is 0 Å². The van der Waals surface area contributed by atoms with Crippen LogP contribution in [-0.4, -0.2) is 4.98 Å². The zero-order chi connectivity index (χ0) is 12.3. The fraction of sp³-hybridized carbons (Fsp3) is 0.250. The third-order valence-electron chi connectivity index (χ3n) is 2.54. The average Bonchev–Trinajstić information content (AvgIpc) is 2.73. The largest absolute Gasteiger partial charge is 0.315 e. The Balaban J connectivity index is 2.00. The smallest absolute Gasteiger partial charge is 0.304 e. The van der Waals surface area contributed by atoms with Crippen LogP contribution in [-0.2, 0) is 6.54 Å². The molecule has 2 rings (SSSR count). The topological polar surface area (TPSA) is 44.9 Å². The number of H-pyrrole nitrogens is 1. The predicted octanol–water partition coefficient (Wildman–Crippen LogP) is 2.43. The fourth-order valence-corrected chi connectivity index (χ4v) is 2.18. The number of aromatic nitrogens is 1. The number of rotatable bonds is 4. The maximum atomic E-state index is 13.5. The molecule has 1 aromatic carbocycles. The van der Waals surface area contributed by atoms with Crippen LogP contribution < -0.4 is 10.2 Å². The van der Waals surface area contributed by atoms with Crippen LogP contribution in [0.25, 0.3) is 0 Å². The summed E-state index contributed by atoms with van der Waals surface area (Å²) < 4.78 is 13.5. The molecule has 0 saturated carbocycles. The molecule has 1 heterocycles. The molecule has 5 heteroatoms. The van der Waals surface area contributed by atoms with Crippen LogP contribution in [0.15, 0.2) is 34.4 Å². The molecule has 2 aromatic rings. The second kappa shape index (κ2) is 5.25. The number of thiazole rings is 1. The summed E-state index contributed by atoms with van der Waals surface area (Å²) in [4.78, 5) is 13.6. The first-order valence-electron chi connectivity index (χ1n) is 5.31. The van der Waals surface area contributed by atoms with E-state index in [-0.39, 0.29) is 16.7 Å². The third kappa shape index (κ3) is 3.01. The van der Waals surface area contributed by atoms with E-state index in [1.54, 1.807) is 17.5 Å². The molecule has 0 spiro atoms. The SMILES string of the molecule is CC(NCc1csc(=O)[nH]1)c1ccccc1F. The van der Waals surface area contributed by atoms with E-state index < -0.39 is 0 Å². The predicted molar refractivity (Wildman–Crippen MR) is 66.6 cm³/mol.